The van der Waals surface area contributed by atoms with Crippen LogP contribution in [0.4, 0.5) is 18.9 Å². The molecule has 0 saturated carbocycles. The predicted octanol–water partition coefficient (Wildman–Crippen LogP) is 3.04. The van der Waals surface area contributed by atoms with Crippen LogP contribution >= 0.6 is 0 Å². The average molecular weight is 344 g/mol. The van der Waals surface area contributed by atoms with E-state index in [1.165, 1.54) is 7.05 Å². The molecule has 1 aromatic rings. The van der Waals surface area contributed by atoms with Crippen LogP contribution in [-0.2, 0) is 11.3 Å². The van der Waals surface area contributed by atoms with E-state index in [9.17, 15) is 18.0 Å². The maximum absolute atomic E-state index is 12.1. The molecule has 0 heterocycles. The number of halogens is 3. The van der Waals surface area contributed by atoms with Crippen molar-refractivity contribution >= 4 is 17.6 Å². The zero-order valence-electron chi connectivity index (χ0n) is 13.8. The van der Waals surface area contributed by atoms with Crippen LogP contribution < -0.4 is 16.0 Å². The molecule has 0 aliphatic rings. The van der Waals surface area contributed by atoms with Crippen LogP contribution in [0.5, 0.6) is 0 Å². The van der Waals surface area contributed by atoms with E-state index < -0.39 is 12.6 Å². The highest BCUT2D eigenvalue weighted by Crippen LogP contribution is 2.18. The van der Waals surface area contributed by atoms with Crippen LogP contribution in [0.3, 0.4) is 0 Å². The van der Waals surface area contributed by atoms with Crippen LogP contribution in [0.1, 0.15) is 31.7 Å². The highest BCUT2D eigenvalue weighted by molar-refractivity contribution is 5.90. The number of benzene rings is 1. The standard InChI is InChI=1S/C16H23F3N4O/c1-3-5-14(24)23-13-7-4-6-12(10-13)11-22-15(20-2)21-9-8-16(17,18)19/h4,6-7,10H,3,5,8-9,11H2,1-2H3,(H,23,24)(H2,20,21,22). The highest BCUT2D eigenvalue weighted by atomic mass is 19.4. The van der Waals surface area contributed by atoms with Gasteiger partial charge in [0.1, 0.15) is 0 Å². The van der Waals surface area contributed by atoms with Gasteiger partial charge in [-0.25, -0.2) is 0 Å². The minimum absolute atomic E-state index is 0.0489. The molecule has 0 bridgehead atoms. The summed E-state index contributed by atoms with van der Waals surface area (Å²) in [6, 6.07) is 7.25. The Balaban J connectivity index is 2.49. The highest BCUT2D eigenvalue weighted by Gasteiger charge is 2.26. The number of nitrogens with one attached hydrogen (secondary N) is 3. The molecule has 0 aliphatic heterocycles. The molecule has 0 fully saturated rings. The summed E-state index contributed by atoms with van der Waals surface area (Å²) < 4.78 is 36.4. The largest absolute Gasteiger partial charge is 0.390 e. The first-order valence-corrected chi connectivity index (χ1v) is 7.74. The van der Waals surface area contributed by atoms with Crippen molar-refractivity contribution in [3.8, 4) is 0 Å². The lowest BCUT2D eigenvalue weighted by molar-refractivity contribution is -0.132. The molecule has 3 N–H and O–H groups in total. The van der Waals surface area contributed by atoms with E-state index >= 15 is 0 Å². The topological polar surface area (TPSA) is 65.5 Å². The van der Waals surface area contributed by atoms with Gasteiger partial charge in [-0.05, 0) is 24.1 Å². The Morgan fingerprint density at radius 2 is 2.00 bits per heavy atom. The third-order valence-corrected chi connectivity index (χ3v) is 3.07. The van der Waals surface area contributed by atoms with Crippen molar-refractivity contribution in [1.82, 2.24) is 10.6 Å². The number of guanidine groups is 1. The first-order chi connectivity index (χ1) is 11.3. The fourth-order valence-electron chi connectivity index (χ4n) is 1.94. The molecule has 24 heavy (non-hydrogen) atoms. The van der Waals surface area contributed by atoms with Gasteiger partial charge in [-0.3, -0.25) is 9.79 Å². The zero-order chi connectivity index (χ0) is 18.0. The van der Waals surface area contributed by atoms with E-state index in [0.29, 0.717) is 24.6 Å². The fourth-order valence-corrected chi connectivity index (χ4v) is 1.94. The van der Waals surface area contributed by atoms with Crippen molar-refractivity contribution in [3.05, 3.63) is 29.8 Å². The number of aliphatic imine (C=N–C) groups is 1. The summed E-state index contributed by atoms with van der Waals surface area (Å²) in [7, 11) is 1.49. The number of carbonyl (C=O) groups excluding carboxylic acids is 1. The van der Waals surface area contributed by atoms with E-state index in [0.717, 1.165) is 12.0 Å². The van der Waals surface area contributed by atoms with Crippen LogP contribution in [-0.4, -0.2) is 31.6 Å². The molecule has 5 nitrogen and oxygen atoms in total. The van der Waals surface area contributed by atoms with Crippen LogP contribution in [0, 0.1) is 0 Å². The second-order valence-electron chi connectivity index (χ2n) is 5.22. The Labute approximate surface area is 139 Å². The lowest BCUT2D eigenvalue weighted by Crippen LogP contribution is -2.38. The SMILES string of the molecule is CCCC(=O)Nc1cccc(CNC(=NC)NCCC(F)(F)F)c1. The van der Waals surface area contributed by atoms with Gasteiger partial charge in [0.2, 0.25) is 5.91 Å². The van der Waals surface area contributed by atoms with Crippen molar-refractivity contribution < 1.29 is 18.0 Å². The molecule has 0 spiro atoms. The molecule has 1 amide bonds. The van der Waals surface area contributed by atoms with Crippen molar-refractivity contribution in [3.63, 3.8) is 0 Å². The average Bonchev–Trinajstić information content (AvgIpc) is 2.50. The van der Waals surface area contributed by atoms with Crippen LogP contribution in [0.25, 0.3) is 0 Å². The Bertz CT molecular complexity index is 558. The zero-order valence-corrected chi connectivity index (χ0v) is 13.8. The fraction of sp³-hybridized carbons (Fsp3) is 0.500. The number of anilines is 1. The monoisotopic (exact) mass is 344 g/mol. The normalized spacial score (nSPS) is 12.0. The predicted molar refractivity (Wildman–Crippen MR) is 88.9 cm³/mol. The van der Waals surface area contributed by atoms with Gasteiger partial charge in [0.05, 0.1) is 6.42 Å². The minimum atomic E-state index is -4.20. The first-order valence-electron chi connectivity index (χ1n) is 7.74. The molecule has 1 aromatic carbocycles. The molecular weight excluding hydrogens is 321 g/mol. The van der Waals surface area contributed by atoms with Gasteiger partial charge in [-0.2, -0.15) is 13.2 Å². The number of carbonyl (C=O) groups is 1. The smallest absolute Gasteiger partial charge is 0.356 e. The van der Waals surface area contributed by atoms with Crippen molar-refractivity contribution in [2.45, 2.75) is 38.9 Å². The van der Waals surface area contributed by atoms with E-state index in [1.807, 2.05) is 19.1 Å². The quantitative estimate of drug-likeness (QED) is 0.526. The molecular formula is C16H23F3N4O. The van der Waals surface area contributed by atoms with E-state index in [2.05, 4.69) is 20.9 Å². The number of hydrogen-bond donors (Lipinski definition) is 3. The number of rotatable bonds is 7. The van der Waals surface area contributed by atoms with E-state index in [1.54, 1.807) is 12.1 Å². The van der Waals surface area contributed by atoms with Gasteiger partial charge < -0.3 is 16.0 Å². The summed E-state index contributed by atoms with van der Waals surface area (Å²) in [6.07, 6.45) is -3.89. The summed E-state index contributed by atoms with van der Waals surface area (Å²) in [5.41, 5.74) is 1.57. The summed E-state index contributed by atoms with van der Waals surface area (Å²) in [4.78, 5) is 15.5. The maximum atomic E-state index is 12.1. The Hall–Kier alpha value is -2.25. The lowest BCUT2D eigenvalue weighted by Gasteiger charge is -2.13. The molecule has 0 aromatic heterocycles. The van der Waals surface area contributed by atoms with Crippen molar-refractivity contribution in [1.29, 1.82) is 0 Å². The third kappa shape index (κ3) is 8.40. The van der Waals surface area contributed by atoms with Gasteiger partial charge in [0.25, 0.3) is 0 Å². The molecule has 0 radical (unpaired) electrons. The minimum Gasteiger partial charge on any atom is -0.356 e. The number of amides is 1. The van der Waals surface area contributed by atoms with Gasteiger partial charge in [0.15, 0.2) is 5.96 Å². The van der Waals surface area contributed by atoms with Gasteiger partial charge in [-0.1, -0.05) is 19.1 Å². The van der Waals surface area contributed by atoms with Gasteiger partial charge >= 0.3 is 6.18 Å². The van der Waals surface area contributed by atoms with E-state index in [4.69, 9.17) is 0 Å². The van der Waals surface area contributed by atoms with Gasteiger partial charge in [-0.15, -0.1) is 0 Å². The molecule has 0 aliphatic carbocycles. The Morgan fingerprint density at radius 1 is 1.25 bits per heavy atom. The second-order valence-corrected chi connectivity index (χ2v) is 5.22. The summed E-state index contributed by atoms with van der Waals surface area (Å²) in [5.74, 6) is 0.243. The lowest BCUT2D eigenvalue weighted by atomic mass is 10.2. The van der Waals surface area contributed by atoms with Crippen molar-refractivity contribution in [2.24, 2.45) is 4.99 Å². The van der Waals surface area contributed by atoms with Gasteiger partial charge in [0, 0.05) is 32.2 Å². The van der Waals surface area contributed by atoms with E-state index in [-0.39, 0.29) is 12.5 Å². The first kappa shape index (κ1) is 19.8. The summed E-state index contributed by atoms with van der Waals surface area (Å²) in [6.45, 7) is 2.07. The molecule has 0 saturated heterocycles. The molecule has 134 valence electrons. The molecule has 0 unspecified atom stereocenters. The Morgan fingerprint density at radius 3 is 2.62 bits per heavy atom. The van der Waals surface area contributed by atoms with Crippen LogP contribution in [0.15, 0.2) is 29.3 Å². The van der Waals surface area contributed by atoms with Crippen molar-refractivity contribution in [2.75, 3.05) is 18.9 Å². The summed E-state index contributed by atoms with van der Waals surface area (Å²) in [5, 5.41) is 8.34. The Kier molecular flexibility index (Phi) is 8.08. The third-order valence-electron chi connectivity index (χ3n) is 3.07. The molecule has 8 heteroatoms. The molecule has 1 rings (SSSR count). The molecule has 0 atom stereocenters. The number of nitrogens with zero attached hydrogens (tertiary/aromatic N) is 1. The number of alkyl halides is 3. The number of hydrogen-bond acceptors (Lipinski definition) is 2. The van der Waals surface area contributed by atoms with Crippen LogP contribution in [0.2, 0.25) is 0 Å². The summed E-state index contributed by atoms with van der Waals surface area (Å²) >= 11 is 0. The second kappa shape index (κ2) is 9.79. The maximum Gasteiger partial charge on any atom is 0.390 e.